The van der Waals surface area contributed by atoms with Crippen molar-refractivity contribution < 1.29 is 12.8 Å². The standard InChI is InChI=1S/C11H13ClFNO2S/c1-7(8-2-3-8)14-17(15,16)11-5-4-9(12)6-10(11)13/h4-8,14H,2-3H2,1H3. The SMILES string of the molecule is CC(NS(=O)(=O)c1ccc(Cl)cc1F)C1CC1. The Morgan fingerprint density at radius 2 is 2.12 bits per heavy atom. The molecule has 1 unspecified atom stereocenters. The summed E-state index contributed by atoms with van der Waals surface area (Å²) in [6.45, 7) is 1.79. The Morgan fingerprint density at radius 1 is 1.47 bits per heavy atom. The number of benzene rings is 1. The average Bonchev–Trinajstić information content (AvgIpc) is 2.98. The van der Waals surface area contributed by atoms with Gasteiger partial charge in [-0.05, 0) is 43.9 Å². The van der Waals surface area contributed by atoms with Crippen LogP contribution in [0.3, 0.4) is 0 Å². The van der Waals surface area contributed by atoms with E-state index in [0.717, 1.165) is 18.9 Å². The Bertz CT molecular complexity index is 528. The minimum Gasteiger partial charge on any atom is -0.208 e. The van der Waals surface area contributed by atoms with E-state index >= 15 is 0 Å². The van der Waals surface area contributed by atoms with Crippen LogP contribution >= 0.6 is 11.6 Å². The highest BCUT2D eigenvalue weighted by atomic mass is 35.5. The summed E-state index contributed by atoms with van der Waals surface area (Å²) in [6.07, 6.45) is 2.04. The molecule has 1 aliphatic rings. The van der Waals surface area contributed by atoms with Crippen LogP contribution in [0.2, 0.25) is 5.02 Å². The quantitative estimate of drug-likeness (QED) is 0.919. The molecule has 0 heterocycles. The number of hydrogen-bond acceptors (Lipinski definition) is 2. The summed E-state index contributed by atoms with van der Waals surface area (Å²) in [4.78, 5) is -0.352. The van der Waals surface area contributed by atoms with E-state index in [1.807, 2.05) is 0 Å². The van der Waals surface area contributed by atoms with Crippen LogP contribution in [0, 0.1) is 11.7 Å². The van der Waals surface area contributed by atoms with Crippen LogP contribution in [0.4, 0.5) is 4.39 Å². The van der Waals surface area contributed by atoms with Crippen molar-refractivity contribution in [1.82, 2.24) is 4.72 Å². The second-order valence-electron chi connectivity index (χ2n) is 4.32. The molecule has 1 N–H and O–H groups in total. The molecule has 6 heteroatoms. The van der Waals surface area contributed by atoms with Gasteiger partial charge in [0, 0.05) is 11.1 Å². The average molecular weight is 278 g/mol. The molecule has 2 rings (SSSR count). The fourth-order valence-corrected chi connectivity index (χ4v) is 3.22. The van der Waals surface area contributed by atoms with Crippen molar-refractivity contribution >= 4 is 21.6 Å². The first-order valence-corrected chi connectivity index (χ1v) is 7.23. The van der Waals surface area contributed by atoms with Crippen LogP contribution < -0.4 is 4.72 Å². The summed E-state index contributed by atoms with van der Waals surface area (Å²) in [6, 6.07) is 3.38. The minimum absolute atomic E-state index is 0.157. The van der Waals surface area contributed by atoms with Gasteiger partial charge in [0.1, 0.15) is 10.7 Å². The number of hydrogen-bond donors (Lipinski definition) is 1. The van der Waals surface area contributed by atoms with E-state index in [0.29, 0.717) is 5.92 Å². The fourth-order valence-electron chi connectivity index (χ4n) is 1.69. The molecule has 1 aliphatic carbocycles. The Balaban J connectivity index is 2.24. The Morgan fingerprint density at radius 3 is 2.65 bits per heavy atom. The molecule has 0 amide bonds. The second-order valence-corrected chi connectivity index (χ2v) is 6.44. The molecular formula is C11H13ClFNO2S. The van der Waals surface area contributed by atoms with E-state index in [1.54, 1.807) is 6.92 Å². The lowest BCUT2D eigenvalue weighted by molar-refractivity contribution is 0.526. The van der Waals surface area contributed by atoms with E-state index < -0.39 is 15.8 Å². The monoisotopic (exact) mass is 277 g/mol. The molecular weight excluding hydrogens is 265 g/mol. The van der Waals surface area contributed by atoms with Crippen molar-refractivity contribution in [3.8, 4) is 0 Å². The van der Waals surface area contributed by atoms with E-state index in [1.165, 1.54) is 12.1 Å². The Kier molecular flexibility index (Phi) is 3.43. The van der Waals surface area contributed by atoms with Gasteiger partial charge in [0.25, 0.3) is 0 Å². The van der Waals surface area contributed by atoms with Crippen LogP contribution in [-0.4, -0.2) is 14.5 Å². The molecule has 0 radical (unpaired) electrons. The first kappa shape index (κ1) is 12.8. The third-order valence-electron chi connectivity index (χ3n) is 2.85. The maximum atomic E-state index is 13.5. The Hall–Kier alpha value is -0.650. The number of sulfonamides is 1. The lowest BCUT2D eigenvalue weighted by Gasteiger charge is -2.13. The van der Waals surface area contributed by atoms with Crippen molar-refractivity contribution in [3.63, 3.8) is 0 Å². The highest BCUT2D eigenvalue weighted by Crippen LogP contribution is 2.33. The summed E-state index contributed by atoms with van der Waals surface area (Å²) in [5.74, 6) is -0.451. The molecule has 94 valence electrons. The minimum atomic E-state index is -3.80. The molecule has 1 aromatic rings. The molecule has 1 atom stereocenters. The topological polar surface area (TPSA) is 46.2 Å². The van der Waals surface area contributed by atoms with E-state index in [2.05, 4.69) is 4.72 Å². The van der Waals surface area contributed by atoms with Gasteiger partial charge < -0.3 is 0 Å². The predicted molar refractivity (Wildman–Crippen MR) is 63.9 cm³/mol. The second kappa shape index (κ2) is 4.55. The number of halogens is 2. The van der Waals surface area contributed by atoms with Gasteiger partial charge in [0.2, 0.25) is 10.0 Å². The largest absolute Gasteiger partial charge is 0.243 e. The van der Waals surface area contributed by atoms with Crippen molar-refractivity contribution in [2.45, 2.75) is 30.7 Å². The fraction of sp³-hybridized carbons (Fsp3) is 0.455. The van der Waals surface area contributed by atoms with E-state index in [-0.39, 0.29) is 16.0 Å². The molecule has 1 saturated carbocycles. The summed E-state index contributed by atoms with van der Waals surface area (Å²) < 4.78 is 39.8. The smallest absolute Gasteiger partial charge is 0.208 e. The molecule has 1 aromatic carbocycles. The van der Waals surface area contributed by atoms with Crippen molar-refractivity contribution in [1.29, 1.82) is 0 Å². The maximum Gasteiger partial charge on any atom is 0.243 e. The Labute approximate surface area is 105 Å². The zero-order chi connectivity index (χ0) is 12.6. The zero-order valence-electron chi connectivity index (χ0n) is 9.28. The molecule has 1 fully saturated rings. The predicted octanol–water partition coefficient (Wildman–Crippen LogP) is 2.56. The van der Waals surface area contributed by atoms with Crippen molar-refractivity contribution in [3.05, 3.63) is 29.0 Å². The van der Waals surface area contributed by atoms with Gasteiger partial charge in [-0.2, -0.15) is 0 Å². The van der Waals surface area contributed by atoms with Gasteiger partial charge in [-0.25, -0.2) is 17.5 Å². The van der Waals surface area contributed by atoms with Crippen LogP contribution in [0.15, 0.2) is 23.1 Å². The van der Waals surface area contributed by atoms with E-state index in [9.17, 15) is 12.8 Å². The van der Waals surface area contributed by atoms with Gasteiger partial charge in [0.05, 0.1) is 0 Å². The molecule has 0 bridgehead atoms. The first-order chi connectivity index (χ1) is 7.90. The third-order valence-corrected chi connectivity index (χ3v) is 4.68. The molecule has 17 heavy (non-hydrogen) atoms. The molecule has 0 aromatic heterocycles. The lowest BCUT2D eigenvalue weighted by Crippen LogP contribution is -2.34. The molecule has 0 saturated heterocycles. The van der Waals surface area contributed by atoms with Crippen LogP contribution in [-0.2, 0) is 10.0 Å². The molecule has 3 nitrogen and oxygen atoms in total. The summed E-state index contributed by atoms with van der Waals surface area (Å²) in [7, 11) is -3.80. The maximum absolute atomic E-state index is 13.5. The van der Waals surface area contributed by atoms with Gasteiger partial charge in [-0.3, -0.25) is 0 Å². The van der Waals surface area contributed by atoms with Crippen LogP contribution in [0.25, 0.3) is 0 Å². The highest BCUT2D eigenvalue weighted by Gasteiger charge is 2.32. The van der Waals surface area contributed by atoms with Gasteiger partial charge >= 0.3 is 0 Å². The third kappa shape index (κ3) is 2.97. The zero-order valence-corrected chi connectivity index (χ0v) is 10.9. The lowest BCUT2D eigenvalue weighted by atomic mass is 10.2. The van der Waals surface area contributed by atoms with Gasteiger partial charge in [0.15, 0.2) is 0 Å². The summed E-state index contributed by atoms with van der Waals surface area (Å²) in [5.41, 5.74) is 0. The molecule has 0 spiro atoms. The number of nitrogens with one attached hydrogen (secondary N) is 1. The first-order valence-electron chi connectivity index (χ1n) is 5.37. The van der Waals surface area contributed by atoms with Gasteiger partial charge in [-0.1, -0.05) is 11.6 Å². The van der Waals surface area contributed by atoms with Crippen molar-refractivity contribution in [2.24, 2.45) is 5.92 Å². The normalized spacial score (nSPS) is 18.1. The van der Waals surface area contributed by atoms with Crippen LogP contribution in [0.1, 0.15) is 19.8 Å². The van der Waals surface area contributed by atoms with E-state index in [4.69, 9.17) is 11.6 Å². The number of rotatable bonds is 4. The van der Waals surface area contributed by atoms with Gasteiger partial charge in [-0.15, -0.1) is 0 Å². The van der Waals surface area contributed by atoms with Crippen molar-refractivity contribution in [2.75, 3.05) is 0 Å². The van der Waals surface area contributed by atoms with Crippen LogP contribution in [0.5, 0.6) is 0 Å². The summed E-state index contributed by atoms with van der Waals surface area (Å²) in [5, 5.41) is 0.177. The summed E-state index contributed by atoms with van der Waals surface area (Å²) >= 11 is 5.58. The molecule has 0 aliphatic heterocycles. The highest BCUT2D eigenvalue weighted by molar-refractivity contribution is 7.89.